The highest BCUT2D eigenvalue weighted by atomic mass is 16.5. The highest BCUT2D eigenvalue weighted by Crippen LogP contribution is 2.17. The third kappa shape index (κ3) is 7.07. The first-order chi connectivity index (χ1) is 12.5. The normalized spacial score (nSPS) is 22.8. The summed E-state index contributed by atoms with van der Waals surface area (Å²) in [4.78, 5) is 15.7. The SMILES string of the molecule is CC(CO)(COCC(=O)N1CCOCC1)COCC(O)N1CCOCC1. The lowest BCUT2D eigenvalue weighted by Crippen LogP contribution is -2.46. The van der Waals surface area contributed by atoms with Crippen molar-refractivity contribution < 1.29 is 34.0 Å². The molecular weight excluding hydrogens is 344 g/mol. The molecular formula is C17H32N2O7. The molecule has 1 amide bonds. The average Bonchev–Trinajstić information content (AvgIpc) is 2.69. The molecule has 2 saturated heterocycles. The van der Waals surface area contributed by atoms with Crippen molar-refractivity contribution in [2.45, 2.75) is 13.2 Å². The fourth-order valence-corrected chi connectivity index (χ4v) is 2.81. The average molecular weight is 376 g/mol. The Morgan fingerprint density at radius 1 is 1.08 bits per heavy atom. The molecule has 9 nitrogen and oxygen atoms in total. The molecule has 0 aromatic heterocycles. The van der Waals surface area contributed by atoms with E-state index in [1.807, 2.05) is 11.8 Å². The van der Waals surface area contributed by atoms with E-state index in [1.54, 1.807) is 4.90 Å². The number of ether oxygens (including phenoxy) is 4. The predicted molar refractivity (Wildman–Crippen MR) is 92.6 cm³/mol. The molecule has 0 bridgehead atoms. The van der Waals surface area contributed by atoms with Gasteiger partial charge in [0.2, 0.25) is 5.91 Å². The Balaban J connectivity index is 1.64. The Hall–Kier alpha value is -0.810. The van der Waals surface area contributed by atoms with Gasteiger partial charge < -0.3 is 34.1 Å². The van der Waals surface area contributed by atoms with Crippen LogP contribution in [0.2, 0.25) is 0 Å². The minimum atomic E-state index is -0.689. The van der Waals surface area contributed by atoms with E-state index in [-0.39, 0.29) is 38.9 Å². The quantitative estimate of drug-likeness (QED) is 0.477. The van der Waals surface area contributed by atoms with Crippen LogP contribution >= 0.6 is 0 Å². The lowest BCUT2D eigenvalue weighted by Gasteiger charge is -2.32. The Labute approximate surface area is 154 Å². The van der Waals surface area contributed by atoms with Gasteiger partial charge in [-0.3, -0.25) is 9.69 Å². The number of carbonyl (C=O) groups is 1. The number of nitrogens with zero attached hydrogens (tertiary/aromatic N) is 2. The van der Waals surface area contributed by atoms with E-state index in [0.29, 0.717) is 52.6 Å². The number of aliphatic hydroxyl groups excluding tert-OH is 2. The van der Waals surface area contributed by atoms with Gasteiger partial charge in [0.25, 0.3) is 0 Å². The fourth-order valence-electron chi connectivity index (χ4n) is 2.81. The van der Waals surface area contributed by atoms with Gasteiger partial charge in [0, 0.05) is 31.6 Å². The van der Waals surface area contributed by atoms with Gasteiger partial charge in [-0.05, 0) is 0 Å². The number of hydrogen-bond acceptors (Lipinski definition) is 8. The Morgan fingerprint density at radius 3 is 2.27 bits per heavy atom. The highest BCUT2D eigenvalue weighted by Gasteiger charge is 2.27. The summed E-state index contributed by atoms with van der Waals surface area (Å²) < 4.78 is 21.6. The first-order valence-corrected chi connectivity index (χ1v) is 9.16. The summed E-state index contributed by atoms with van der Waals surface area (Å²) in [6, 6.07) is 0. The molecule has 0 radical (unpaired) electrons. The maximum atomic E-state index is 12.1. The molecule has 2 N–H and O–H groups in total. The predicted octanol–water partition coefficient (Wildman–Crippen LogP) is -1.47. The van der Waals surface area contributed by atoms with E-state index < -0.39 is 11.6 Å². The van der Waals surface area contributed by atoms with Crippen LogP contribution in [0.25, 0.3) is 0 Å². The molecule has 0 saturated carbocycles. The second kappa shape index (κ2) is 11.1. The molecule has 0 spiro atoms. The molecule has 26 heavy (non-hydrogen) atoms. The molecule has 2 fully saturated rings. The van der Waals surface area contributed by atoms with Gasteiger partial charge in [0.1, 0.15) is 12.8 Å². The topological polar surface area (TPSA) is 101 Å². The van der Waals surface area contributed by atoms with Crippen molar-refractivity contribution >= 4 is 5.91 Å². The van der Waals surface area contributed by atoms with Gasteiger partial charge in [-0.2, -0.15) is 0 Å². The minimum Gasteiger partial charge on any atom is -0.396 e. The Kier molecular flexibility index (Phi) is 9.20. The van der Waals surface area contributed by atoms with Crippen molar-refractivity contribution in [2.75, 3.05) is 85.6 Å². The van der Waals surface area contributed by atoms with Gasteiger partial charge in [0.15, 0.2) is 0 Å². The van der Waals surface area contributed by atoms with E-state index in [2.05, 4.69) is 0 Å². The molecule has 2 aliphatic heterocycles. The first-order valence-electron chi connectivity index (χ1n) is 9.16. The zero-order chi connectivity index (χ0) is 18.8. The van der Waals surface area contributed by atoms with Crippen LogP contribution in [0.1, 0.15) is 6.92 Å². The number of morpholine rings is 2. The molecule has 2 unspecified atom stereocenters. The molecule has 0 aromatic rings. The van der Waals surface area contributed by atoms with Crippen molar-refractivity contribution in [3.63, 3.8) is 0 Å². The Bertz CT molecular complexity index is 414. The zero-order valence-electron chi connectivity index (χ0n) is 15.6. The lowest BCUT2D eigenvalue weighted by molar-refractivity contribution is -0.143. The van der Waals surface area contributed by atoms with Crippen LogP contribution in [0.4, 0.5) is 0 Å². The second-order valence-electron chi connectivity index (χ2n) is 7.10. The van der Waals surface area contributed by atoms with E-state index in [9.17, 15) is 15.0 Å². The summed E-state index contributed by atoms with van der Waals surface area (Å²) in [5, 5.41) is 19.8. The molecule has 0 aliphatic carbocycles. The Morgan fingerprint density at radius 2 is 1.65 bits per heavy atom. The summed E-state index contributed by atoms with van der Waals surface area (Å²) in [6.07, 6.45) is -0.689. The van der Waals surface area contributed by atoms with Gasteiger partial charge in [-0.15, -0.1) is 0 Å². The number of aliphatic hydroxyl groups is 2. The van der Waals surface area contributed by atoms with Crippen LogP contribution in [0, 0.1) is 5.41 Å². The van der Waals surface area contributed by atoms with E-state index >= 15 is 0 Å². The van der Waals surface area contributed by atoms with Crippen LogP contribution < -0.4 is 0 Å². The van der Waals surface area contributed by atoms with Crippen LogP contribution in [-0.2, 0) is 23.7 Å². The summed E-state index contributed by atoms with van der Waals surface area (Å²) in [5.41, 5.74) is -0.629. The number of amides is 1. The van der Waals surface area contributed by atoms with Crippen LogP contribution in [0.15, 0.2) is 0 Å². The maximum Gasteiger partial charge on any atom is 0.248 e. The smallest absolute Gasteiger partial charge is 0.248 e. The van der Waals surface area contributed by atoms with Gasteiger partial charge >= 0.3 is 0 Å². The van der Waals surface area contributed by atoms with Crippen LogP contribution in [0.3, 0.4) is 0 Å². The van der Waals surface area contributed by atoms with Crippen molar-refractivity contribution in [3.05, 3.63) is 0 Å². The van der Waals surface area contributed by atoms with Crippen molar-refractivity contribution in [1.29, 1.82) is 0 Å². The zero-order valence-corrected chi connectivity index (χ0v) is 15.6. The molecule has 152 valence electrons. The van der Waals surface area contributed by atoms with Crippen molar-refractivity contribution in [2.24, 2.45) is 5.41 Å². The third-order valence-corrected chi connectivity index (χ3v) is 4.61. The number of carbonyl (C=O) groups excluding carboxylic acids is 1. The molecule has 2 atom stereocenters. The summed E-state index contributed by atoms with van der Waals surface area (Å²) in [7, 11) is 0. The van der Waals surface area contributed by atoms with Gasteiger partial charge in [-0.1, -0.05) is 6.92 Å². The largest absolute Gasteiger partial charge is 0.396 e. The number of hydrogen-bond donors (Lipinski definition) is 2. The standard InChI is InChI=1S/C17H32N2O7/c1-17(12-20,13-25-10-15(21)18-2-6-23-7-3-18)14-26-11-16(22)19-4-8-24-9-5-19/h15,20-21H,2-14H2,1H3. The molecule has 2 aliphatic rings. The maximum absolute atomic E-state index is 12.1. The molecule has 2 heterocycles. The lowest BCUT2D eigenvalue weighted by atomic mass is 9.94. The summed E-state index contributed by atoms with van der Waals surface area (Å²) in [5.74, 6) is -0.0720. The van der Waals surface area contributed by atoms with E-state index in [4.69, 9.17) is 18.9 Å². The molecule has 2 rings (SSSR count). The summed E-state index contributed by atoms with van der Waals surface area (Å²) in [6.45, 7) is 7.11. The summed E-state index contributed by atoms with van der Waals surface area (Å²) >= 11 is 0. The van der Waals surface area contributed by atoms with Gasteiger partial charge in [-0.25, -0.2) is 0 Å². The van der Waals surface area contributed by atoms with E-state index in [0.717, 1.165) is 0 Å². The number of rotatable bonds is 10. The van der Waals surface area contributed by atoms with Crippen molar-refractivity contribution in [3.8, 4) is 0 Å². The molecule has 9 heteroatoms. The third-order valence-electron chi connectivity index (χ3n) is 4.61. The first kappa shape index (κ1) is 21.5. The molecule has 0 aromatic carbocycles. The highest BCUT2D eigenvalue weighted by molar-refractivity contribution is 5.77. The minimum absolute atomic E-state index is 0.0218. The fraction of sp³-hybridized carbons (Fsp3) is 0.941. The van der Waals surface area contributed by atoms with Gasteiger partial charge in [0.05, 0.1) is 52.9 Å². The van der Waals surface area contributed by atoms with E-state index in [1.165, 1.54) is 0 Å². The van der Waals surface area contributed by atoms with Crippen molar-refractivity contribution in [1.82, 2.24) is 9.80 Å². The van der Waals surface area contributed by atoms with Crippen LogP contribution in [-0.4, -0.2) is 118 Å². The second-order valence-corrected chi connectivity index (χ2v) is 7.10. The monoisotopic (exact) mass is 376 g/mol. The van der Waals surface area contributed by atoms with Crippen LogP contribution in [0.5, 0.6) is 0 Å².